The van der Waals surface area contributed by atoms with Crippen molar-refractivity contribution in [3.8, 4) is 33.2 Å². The average Bonchev–Trinajstić information content (AvgIpc) is 3.28. The van der Waals surface area contributed by atoms with Crippen LogP contribution in [-0.2, 0) is 6.54 Å². The number of carboxylic acid groups (broad SMARTS) is 1. The Labute approximate surface area is 216 Å². The second kappa shape index (κ2) is 9.64. The fraction of sp³-hybridized carbons (Fsp3) is 0.148. The van der Waals surface area contributed by atoms with Crippen molar-refractivity contribution in [1.29, 1.82) is 0 Å². The lowest BCUT2D eigenvalue weighted by Gasteiger charge is -2.29. The van der Waals surface area contributed by atoms with E-state index in [0.29, 0.717) is 38.6 Å². The molecule has 182 valence electrons. The molecule has 3 aromatic carbocycles. The zero-order valence-electron chi connectivity index (χ0n) is 19.4. The van der Waals surface area contributed by atoms with Crippen molar-refractivity contribution in [3.63, 3.8) is 0 Å². The lowest BCUT2D eigenvalue weighted by Crippen LogP contribution is -2.37. The Morgan fingerprint density at radius 1 is 1.11 bits per heavy atom. The third-order valence-corrected chi connectivity index (χ3v) is 7.45. The molecule has 0 atom stereocenters. The first-order chi connectivity index (χ1) is 17.4. The molecule has 0 saturated heterocycles. The summed E-state index contributed by atoms with van der Waals surface area (Å²) in [5.74, 6) is -0.257. The predicted octanol–water partition coefficient (Wildman–Crippen LogP) is 6.14. The largest absolute Gasteiger partial charge is 0.496 e. The molecule has 0 fully saturated rings. The van der Waals surface area contributed by atoms with E-state index in [1.54, 1.807) is 29.2 Å². The third-order valence-electron chi connectivity index (χ3n) is 5.94. The van der Waals surface area contributed by atoms with Crippen LogP contribution in [0.25, 0.3) is 21.7 Å². The number of aryl methyl sites for hydroxylation is 1. The molecule has 0 saturated carbocycles. The zero-order chi connectivity index (χ0) is 25.4. The Morgan fingerprint density at radius 2 is 1.86 bits per heavy atom. The van der Waals surface area contributed by atoms with Crippen LogP contribution in [0.15, 0.2) is 60.7 Å². The highest BCUT2D eigenvalue weighted by Crippen LogP contribution is 2.36. The van der Waals surface area contributed by atoms with E-state index in [4.69, 9.17) is 21.1 Å². The van der Waals surface area contributed by atoms with Gasteiger partial charge in [-0.3, -0.25) is 4.79 Å². The summed E-state index contributed by atoms with van der Waals surface area (Å²) < 4.78 is 11.0. The van der Waals surface area contributed by atoms with E-state index in [2.05, 4.69) is 4.98 Å². The number of nitrogens with zero attached hydrogens (tertiary/aromatic N) is 2. The van der Waals surface area contributed by atoms with Crippen molar-refractivity contribution in [2.45, 2.75) is 13.5 Å². The Morgan fingerprint density at radius 3 is 2.61 bits per heavy atom. The minimum absolute atomic E-state index is 0.0794. The monoisotopic (exact) mass is 520 g/mol. The first-order valence-electron chi connectivity index (χ1n) is 11.0. The number of carbonyl (C=O) groups is 2. The van der Waals surface area contributed by atoms with Crippen LogP contribution in [-0.4, -0.2) is 40.7 Å². The van der Waals surface area contributed by atoms with Crippen LogP contribution < -0.4 is 9.47 Å². The number of carbonyl (C=O) groups excluding carboxylic acids is 1. The summed E-state index contributed by atoms with van der Waals surface area (Å²) in [7, 11) is 1.44. The minimum Gasteiger partial charge on any atom is -0.496 e. The van der Waals surface area contributed by atoms with Gasteiger partial charge in [0.15, 0.2) is 6.73 Å². The molecule has 0 unspecified atom stereocenters. The van der Waals surface area contributed by atoms with Gasteiger partial charge in [0.05, 0.1) is 24.4 Å². The minimum atomic E-state index is -1.07. The van der Waals surface area contributed by atoms with Gasteiger partial charge in [0.25, 0.3) is 5.91 Å². The third kappa shape index (κ3) is 4.41. The molecule has 1 amide bonds. The zero-order valence-corrected chi connectivity index (χ0v) is 21.0. The second-order valence-electron chi connectivity index (χ2n) is 8.23. The van der Waals surface area contributed by atoms with E-state index in [-0.39, 0.29) is 18.2 Å². The Hall–Kier alpha value is -3.88. The number of halogens is 1. The van der Waals surface area contributed by atoms with Crippen molar-refractivity contribution in [2.75, 3.05) is 13.8 Å². The van der Waals surface area contributed by atoms with E-state index in [1.807, 2.05) is 43.3 Å². The fourth-order valence-electron chi connectivity index (χ4n) is 4.10. The number of benzene rings is 3. The van der Waals surface area contributed by atoms with E-state index < -0.39 is 5.97 Å². The van der Waals surface area contributed by atoms with Crippen LogP contribution in [0.1, 0.15) is 31.3 Å². The summed E-state index contributed by atoms with van der Waals surface area (Å²) in [6.07, 6.45) is 0. The standard InChI is InChI=1S/C27H21ClN2O5S/c1-15-24(36-25(29-15)19-5-3-4-6-21(19)28)26(31)30-13-18-11-16(7-9-22(18)35-14-30)17-8-10-23(34-2)20(12-17)27(32)33/h3-12H,13-14H2,1-2H3,(H,32,33). The highest BCUT2D eigenvalue weighted by Gasteiger charge is 2.27. The molecule has 7 nitrogen and oxygen atoms in total. The van der Waals surface area contributed by atoms with E-state index in [9.17, 15) is 14.7 Å². The van der Waals surface area contributed by atoms with Crippen molar-refractivity contribution in [3.05, 3.63) is 87.4 Å². The van der Waals surface area contributed by atoms with Gasteiger partial charge in [0, 0.05) is 11.1 Å². The summed E-state index contributed by atoms with van der Waals surface area (Å²) in [5, 5.41) is 10.8. The van der Waals surface area contributed by atoms with Crippen LogP contribution in [0.2, 0.25) is 5.02 Å². The molecule has 5 rings (SSSR count). The van der Waals surface area contributed by atoms with Gasteiger partial charge in [-0.2, -0.15) is 0 Å². The Kier molecular flexibility index (Phi) is 6.38. The summed E-state index contributed by atoms with van der Waals surface area (Å²) >= 11 is 7.63. The topological polar surface area (TPSA) is 89.0 Å². The summed E-state index contributed by atoms with van der Waals surface area (Å²) in [4.78, 5) is 31.8. The number of amides is 1. The first kappa shape index (κ1) is 23.8. The highest BCUT2D eigenvalue weighted by atomic mass is 35.5. The molecule has 9 heteroatoms. The number of ether oxygens (including phenoxy) is 2. The van der Waals surface area contributed by atoms with Gasteiger partial charge >= 0.3 is 5.97 Å². The quantitative estimate of drug-likeness (QED) is 0.340. The molecule has 0 aliphatic carbocycles. The smallest absolute Gasteiger partial charge is 0.339 e. The van der Waals surface area contributed by atoms with Gasteiger partial charge in [0.2, 0.25) is 0 Å². The molecular formula is C27H21ClN2O5S. The normalized spacial score (nSPS) is 12.6. The van der Waals surface area contributed by atoms with E-state index in [1.165, 1.54) is 18.4 Å². The Balaban J connectivity index is 1.42. The molecule has 4 aromatic rings. The van der Waals surface area contributed by atoms with Crippen molar-refractivity contribution >= 4 is 34.8 Å². The molecule has 1 N–H and O–H groups in total. The molecule has 1 aliphatic rings. The number of rotatable bonds is 5. The van der Waals surface area contributed by atoms with Gasteiger partial charge in [0.1, 0.15) is 26.9 Å². The lowest BCUT2D eigenvalue weighted by molar-refractivity contribution is 0.0518. The Bertz CT molecular complexity index is 1500. The molecule has 36 heavy (non-hydrogen) atoms. The second-order valence-corrected chi connectivity index (χ2v) is 9.64. The summed E-state index contributed by atoms with van der Waals surface area (Å²) in [6, 6.07) is 18.0. The number of carboxylic acids is 1. The fourth-order valence-corrected chi connectivity index (χ4v) is 5.45. The predicted molar refractivity (Wildman–Crippen MR) is 138 cm³/mol. The number of aromatic nitrogens is 1. The number of thiazole rings is 1. The summed E-state index contributed by atoms with van der Waals surface area (Å²) in [6.45, 7) is 2.28. The van der Waals surface area contributed by atoms with E-state index >= 15 is 0 Å². The van der Waals surface area contributed by atoms with Gasteiger partial charge in [-0.1, -0.05) is 41.9 Å². The van der Waals surface area contributed by atoms with E-state index in [0.717, 1.165) is 22.3 Å². The maximum Gasteiger partial charge on any atom is 0.339 e. The number of aromatic carboxylic acids is 1. The number of methoxy groups -OCH3 is 1. The number of hydrogen-bond acceptors (Lipinski definition) is 6. The van der Waals surface area contributed by atoms with Crippen molar-refractivity contribution in [1.82, 2.24) is 9.88 Å². The molecule has 0 radical (unpaired) electrons. The molecule has 1 aromatic heterocycles. The van der Waals surface area contributed by atoms with Crippen LogP contribution in [0.3, 0.4) is 0 Å². The maximum absolute atomic E-state index is 13.4. The molecule has 0 bridgehead atoms. The average molecular weight is 521 g/mol. The molecule has 2 heterocycles. The van der Waals surface area contributed by atoms with Gasteiger partial charge in [-0.15, -0.1) is 11.3 Å². The van der Waals surface area contributed by atoms with Crippen LogP contribution in [0.4, 0.5) is 0 Å². The molecule has 1 aliphatic heterocycles. The summed E-state index contributed by atoms with van der Waals surface area (Å²) in [5.41, 5.74) is 3.87. The van der Waals surface area contributed by atoms with Crippen LogP contribution in [0.5, 0.6) is 11.5 Å². The first-order valence-corrected chi connectivity index (χ1v) is 12.2. The molecular weight excluding hydrogens is 500 g/mol. The molecule has 0 spiro atoms. The van der Waals surface area contributed by atoms with Gasteiger partial charge < -0.3 is 19.5 Å². The van der Waals surface area contributed by atoms with Crippen LogP contribution in [0, 0.1) is 6.92 Å². The SMILES string of the molecule is COc1ccc(-c2ccc3c(c2)CN(C(=O)c2sc(-c4ccccc4Cl)nc2C)CO3)cc1C(=O)O. The van der Waals surface area contributed by atoms with Crippen molar-refractivity contribution in [2.24, 2.45) is 0 Å². The van der Waals surface area contributed by atoms with Crippen molar-refractivity contribution < 1.29 is 24.2 Å². The van der Waals surface area contributed by atoms with Crippen LogP contribution >= 0.6 is 22.9 Å². The lowest BCUT2D eigenvalue weighted by atomic mass is 9.99. The number of fused-ring (bicyclic) bond motifs is 1. The maximum atomic E-state index is 13.4. The van der Waals surface area contributed by atoms with Gasteiger partial charge in [-0.05, 0) is 48.4 Å². The number of hydrogen-bond donors (Lipinski definition) is 1. The van der Waals surface area contributed by atoms with Gasteiger partial charge in [-0.25, -0.2) is 9.78 Å². The highest BCUT2D eigenvalue weighted by molar-refractivity contribution is 7.17.